The van der Waals surface area contributed by atoms with Crippen molar-refractivity contribution in [1.82, 2.24) is 9.80 Å². The first-order valence-electron chi connectivity index (χ1n) is 10.4. The van der Waals surface area contributed by atoms with E-state index >= 15 is 0 Å². The van der Waals surface area contributed by atoms with Gasteiger partial charge in [-0.1, -0.05) is 18.2 Å². The number of carbonyl (C=O) groups is 2. The van der Waals surface area contributed by atoms with Crippen LogP contribution in [0.2, 0.25) is 0 Å². The molecule has 1 N–H and O–H groups in total. The van der Waals surface area contributed by atoms with Gasteiger partial charge in [-0.2, -0.15) is 0 Å². The molecule has 31 heavy (non-hydrogen) atoms. The minimum absolute atomic E-state index is 0.00260. The highest BCUT2D eigenvalue weighted by molar-refractivity contribution is 5.94. The van der Waals surface area contributed by atoms with Crippen molar-refractivity contribution in [2.24, 2.45) is 0 Å². The first-order valence-corrected chi connectivity index (χ1v) is 10.4. The highest BCUT2D eigenvalue weighted by Gasteiger charge is 2.24. The topological polar surface area (TPSA) is 71.1 Å². The van der Waals surface area contributed by atoms with E-state index in [1.807, 2.05) is 49.1 Å². The molecule has 0 unspecified atom stereocenters. The number of hydrogen-bond donors (Lipinski definition) is 1. The van der Waals surface area contributed by atoms with E-state index in [2.05, 4.69) is 5.32 Å². The number of aryl methyl sites for hydroxylation is 2. The fourth-order valence-corrected chi connectivity index (χ4v) is 3.92. The molecular weight excluding hydrogens is 394 g/mol. The van der Waals surface area contributed by atoms with Gasteiger partial charge in [-0.3, -0.25) is 14.5 Å². The van der Waals surface area contributed by atoms with Gasteiger partial charge in [-0.25, -0.2) is 0 Å². The van der Waals surface area contributed by atoms with Crippen LogP contribution in [0.1, 0.15) is 22.3 Å². The van der Waals surface area contributed by atoms with Crippen molar-refractivity contribution in [3.63, 3.8) is 0 Å². The van der Waals surface area contributed by atoms with Gasteiger partial charge in [0.1, 0.15) is 0 Å². The summed E-state index contributed by atoms with van der Waals surface area (Å²) in [5.74, 6) is 1.24. The number of para-hydroxylation sites is 1. The Balaban J connectivity index is 1.57. The standard InChI is InChI=1S/C24H31N3O4/c1-16-7-6-8-17(2)24(16)25-22(28)14-26(3)15-23(29)27-10-9-18-11-20(30-4)21(31-5)12-19(18)13-27/h6-8,11-12H,9-10,13-15H2,1-5H3,(H,25,28). The van der Waals surface area contributed by atoms with Crippen LogP contribution in [0.15, 0.2) is 30.3 Å². The molecule has 0 spiro atoms. The number of fused-ring (bicyclic) bond motifs is 1. The SMILES string of the molecule is COc1cc2c(cc1OC)CN(C(=O)CN(C)CC(=O)Nc1c(C)cccc1C)CC2. The van der Waals surface area contributed by atoms with Crippen LogP contribution in [0.5, 0.6) is 11.5 Å². The predicted octanol–water partition coefficient (Wildman–Crippen LogP) is 2.78. The molecule has 166 valence electrons. The molecule has 2 aromatic carbocycles. The van der Waals surface area contributed by atoms with Crippen molar-refractivity contribution in [1.29, 1.82) is 0 Å². The van der Waals surface area contributed by atoms with Crippen LogP contribution < -0.4 is 14.8 Å². The van der Waals surface area contributed by atoms with Gasteiger partial charge >= 0.3 is 0 Å². The summed E-state index contributed by atoms with van der Waals surface area (Å²) < 4.78 is 10.8. The maximum Gasteiger partial charge on any atom is 0.238 e. The minimum atomic E-state index is -0.131. The number of hydrogen-bond acceptors (Lipinski definition) is 5. The highest BCUT2D eigenvalue weighted by Crippen LogP contribution is 2.33. The Hall–Kier alpha value is -3.06. The van der Waals surface area contributed by atoms with Crippen LogP contribution in [0.25, 0.3) is 0 Å². The van der Waals surface area contributed by atoms with Crippen molar-refractivity contribution in [2.45, 2.75) is 26.8 Å². The fourth-order valence-electron chi connectivity index (χ4n) is 3.92. The summed E-state index contributed by atoms with van der Waals surface area (Å²) in [5, 5.41) is 2.97. The third-order valence-electron chi connectivity index (χ3n) is 5.64. The number of anilines is 1. The summed E-state index contributed by atoms with van der Waals surface area (Å²) in [5.41, 5.74) is 5.11. The zero-order valence-electron chi connectivity index (χ0n) is 18.9. The maximum atomic E-state index is 12.8. The molecule has 1 aliphatic rings. The molecule has 0 atom stereocenters. The molecule has 2 amide bonds. The molecule has 7 heteroatoms. The number of benzene rings is 2. The number of carbonyl (C=O) groups excluding carboxylic acids is 2. The molecule has 0 saturated carbocycles. The largest absolute Gasteiger partial charge is 0.493 e. The van der Waals surface area contributed by atoms with Crippen molar-refractivity contribution >= 4 is 17.5 Å². The van der Waals surface area contributed by atoms with Gasteiger partial charge in [-0.05, 0) is 61.7 Å². The molecule has 0 saturated heterocycles. The number of likely N-dealkylation sites (N-methyl/N-ethyl adjacent to an activating group) is 1. The molecule has 0 aliphatic carbocycles. The monoisotopic (exact) mass is 425 g/mol. The van der Waals surface area contributed by atoms with Gasteiger partial charge in [0, 0.05) is 18.8 Å². The molecule has 0 radical (unpaired) electrons. The molecule has 1 aliphatic heterocycles. The normalized spacial score (nSPS) is 13.0. The Labute approximate surface area is 183 Å². The number of nitrogens with zero attached hydrogens (tertiary/aromatic N) is 2. The van der Waals surface area contributed by atoms with Crippen LogP contribution in [0.3, 0.4) is 0 Å². The Morgan fingerprint density at radius 1 is 1.03 bits per heavy atom. The Morgan fingerprint density at radius 2 is 1.65 bits per heavy atom. The Kier molecular flexibility index (Phi) is 7.17. The van der Waals surface area contributed by atoms with E-state index in [1.54, 1.807) is 26.2 Å². The minimum Gasteiger partial charge on any atom is -0.493 e. The van der Waals surface area contributed by atoms with Crippen molar-refractivity contribution in [3.8, 4) is 11.5 Å². The van der Waals surface area contributed by atoms with Gasteiger partial charge in [0.15, 0.2) is 11.5 Å². The quantitative estimate of drug-likeness (QED) is 0.739. The molecular formula is C24H31N3O4. The average molecular weight is 426 g/mol. The number of rotatable bonds is 7. The number of nitrogens with one attached hydrogen (secondary N) is 1. The summed E-state index contributed by atoms with van der Waals surface area (Å²) in [4.78, 5) is 28.9. The van der Waals surface area contributed by atoms with Gasteiger partial charge in [-0.15, -0.1) is 0 Å². The lowest BCUT2D eigenvalue weighted by Crippen LogP contribution is -2.43. The molecule has 2 aromatic rings. The first kappa shape index (κ1) is 22.6. The zero-order valence-corrected chi connectivity index (χ0v) is 18.9. The average Bonchev–Trinajstić information content (AvgIpc) is 2.74. The predicted molar refractivity (Wildman–Crippen MR) is 121 cm³/mol. The number of methoxy groups -OCH3 is 2. The van der Waals surface area contributed by atoms with E-state index in [0.717, 1.165) is 28.8 Å². The lowest BCUT2D eigenvalue weighted by Gasteiger charge is -2.31. The molecule has 0 fully saturated rings. The summed E-state index contributed by atoms with van der Waals surface area (Å²) in [6.45, 7) is 5.43. The summed E-state index contributed by atoms with van der Waals surface area (Å²) in [6, 6.07) is 9.83. The second-order valence-electron chi connectivity index (χ2n) is 8.03. The van der Waals surface area contributed by atoms with Crippen molar-refractivity contribution in [2.75, 3.05) is 46.2 Å². The van der Waals surface area contributed by atoms with E-state index in [0.29, 0.717) is 24.6 Å². The Morgan fingerprint density at radius 3 is 2.26 bits per heavy atom. The second kappa shape index (κ2) is 9.83. The van der Waals surface area contributed by atoms with Crippen molar-refractivity contribution < 1.29 is 19.1 Å². The fraction of sp³-hybridized carbons (Fsp3) is 0.417. The summed E-state index contributed by atoms with van der Waals surface area (Å²) in [7, 11) is 5.01. The van der Waals surface area contributed by atoms with E-state index < -0.39 is 0 Å². The smallest absolute Gasteiger partial charge is 0.238 e. The summed E-state index contributed by atoms with van der Waals surface area (Å²) in [6.07, 6.45) is 0.762. The number of ether oxygens (including phenoxy) is 2. The third-order valence-corrected chi connectivity index (χ3v) is 5.64. The lowest BCUT2D eigenvalue weighted by molar-refractivity contribution is -0.133. The van der Waals surface area contributed by atoms with E-state index in [9.17, 15) is 9.59 Å². The van der Waals surface area contributed by atoms with Gasteiger partial charge in [0.05, 0.1) is 27.3 Å². The lowest BCUT2D eigenvalue weighted by atomic mass is 9.98. The van der Waals surface area contributed by atoms with Gasteiger partial charge < -0.3 is 19.7 Å². The van der Waals surface area contributed by atoms with Crippen LogP contribution >= 0.6 is 0 Å². The molecule has 1 heterocycles. The van der Waals surface area contributed by atoms with Crippen LogP contribution in [0, 0.1) is 13.8 Å². The zero-order chi connectivity index (χ0) is 22.5. The summed E-state index contributed by atoms with van der Waals surface area (Å²) >= 11 is 0. The van der Waals surface area contributed by atoms with Crippen LogP contribution in [-0.4, -0.2) is 62.5 Å². The Bertz CT molecular complexity index is 953. The molecule has 0 bridgehead atoms. The van der Waals surface area contributed by atoms with E-state index in [4.69, 9.17) is 9.47 Å². The number of amides is 2. The van der Waals surface area contributed by atoms with Gasteiger partial charge in [0.2, 0.25) is 11.8 Å². The van der Waals surface area contributed by atoms with Crippen LogP contribution in [0.4, 0.5) is 5.69 Å². The second-order valence-corrected chi connectivity index (χ2v) is 8.03. The van der Waals surface area contributed by atoms with Gasteiger partial charge in [0.25, 0.3) is 0 Å². The molecule has 3 rings (SSSR count). The third kappa shape index (κ3) is 5.35. The van der Waals surface area contributed by atoms with E-state index in [-0.39, 0.29) is 24.9 Å². The molecule has 0 aromatic heterocycles. The van der Waals surface area contributed by atoms with E-state index in [1.165, 1.54) is 5.56 Å². The molecule has 7 nitrogen and oxygen atoms in total. The van der Waals surface area contributed by atoms with Crippen molar-refractivity contribution in [3.05, 3.63) is 52.6 Å². The first-order chi connectivity index (χ1) is 14.8. The maximum absolute atomic E-state index is 12.8. The highest BCUT2D eigenvalue weighted by atomic mass is 16.5. The van der Waals surface area contributed by atoms with Crippen LogP contribution in [-0.2, 0) is 22.6 Å².